The molecule has 9 heteroatoms. The predicted octanol–water partition coefficient (Wildman–Crippen LogP) is 2.06. The Morgan fingerprint density at radius 2 is 1.57 bits per heavy atom. The van der Waals surface area contributed by atoms with Crippen LogP contribution in [-0.2, 0) is 9.59 Å². The number of hydrogen-bond acceptors (Lipinski definition) is 6. The highest BCUT2D eigenvalue weighted by Gasteiger charge is 2.10. The first-order valence-electron chi connectivity index (χ1n) is 8.30. The van der Waals surface area contributed by atoms with Gasteiger partial charge in [-0.15, -0.1) is 5.11 Å². The fourth-order valence-electron chi connectivity index (χ4n) is 2.06. The molecular formula is C19H20N4O5. The third kappa shape index (κ3) is 6.52. The topological polar surface area (TPSA) is 121 Å². The lowest BCUT2D eigenvalue weighted by Crippen LogP contribution is -2.33. The van der Waals surface area contributed by atoms with Crippen LogP contribution in [0.15, 0.2) is 58.9 Å². The smallest absolute Gasteiger partial charge is 0.322 e. The van der Waals surface area contributed by atoms with Gasteiger partial charge in [0.25, 0.3) is 5.91 Å². The van der Waals surface area contributed by atoms with E-state index >= 15 is 0 Å². The van der Waals surface area contributed by atoms with Gasteiger partial charge in [0.2, 0.25) is 0 Å². The molecule has 0 saturated carbocycles. The van der Waals surface area contributed by atoms with Gasteiger partial charge in [-0.25, -0.2) is 0 Å². The summed E-state index contributed by atoms with van der Waals surface area (Å²) < 4.78 is 5.26. The molecule has 0 aliphatic heterocycles. The summed E-state index contributed by atoms with van der Waals surface area (Å²) in [6.07, 6.45) is 0. The van der Waals surface area contributed by atoms with Crippen molar-refractivity contribution in [2.75, 3.05) is 27.2 Å². The molecule has 0 aromatic heterocycles. The van der Waals surface area contributed by atoms with Crippen LogP contribution in [0.2, 0.25) is 0 Å². The summed E-state index contributed by atoms with van der Waals surface area (Å²) >= 11 is 0. The number of ether oxygens (including phenoxy) is 1. The molecule has 0 fully saturated rings. The number of carbonyl (C=O) groups excluding carboxylic acids is 2. The van der Waals surface area contributed by atoms with Gasteiger partial charge >= 0.3 is 5.97 Å². The third-order valence-corrected chi connectivity index (χ3v) is 3.39. The number of rotatable bonds is 9. The lowest BCUT2D eigenvalue weighted by Gasteiger charge is -2.07. The van der Waals surface area contributed by atoms with Crippen molar-refractivity contribution in [3.05, 3.63) is 59.7 Å². The predicted molar refractivity (Wildman–Crippen MR) is 101 cm³/mol. The molecule has 0 aliphatic carbocycles. The molecule has 2 aromatic carbocycles. The van der Waals surface area contributed by atoms with Crippen LogP contribution in [0.25, 0.3) is 0 Å². The van der Waals surface area contributed by atoms with E-state index in [9.17, 15) is 14.4 Å². The Kier molecular flexibility index (Phi) is 7.21. The SMILES string of the molecule is CN(C)N=Nc1ccc(C(=O)c2ccc(OCC(=O)NCC(=O)O)cc2)cc1. The van der Waals surface area contributed by atoms with Gasteiger partial charge in [0.1, 0.15) is 12.3 Å². The highest BCUT2D eigenvalue weighted by molar-refractivity contribution is 6.09. The van der Waals surface area contributed by atoms with Crippen LogP contribution >= 0.6 is 0 Å². The molecule has 0 aliphatic rings. The normalized spacial score (nSPS) is 10.5. The first-order chi connectivity index (χ1) is 13.3. The molecule has 146 valence electrons. The summed E-state index contributed by atoms with van der Waals surface area (Å²) in [6.45, 7) is -0.783. The Morgan fingerprint density at radius 1 is 1.00 bits per heavy atom. The Balaban J connectivity index is 1.94. The average Bonchev–Trinajstić information content (AvgIpc) is 2.69. The molecule has 2 N–H and O–H groups in total. The summed E-state index contributed by atoms with van der Waals surface area (Å²) in [5.74, 6) is -1.46. The fraction of sp³-hybridized carbons (Fsp3) is 0.211. The maximum atomic E-state index is 12.5. The Hall–Kier alpha value is -3.75. The van der Waals surface area contributed by atoms with Crippen LogP contribution in [0.1, 0.15) is 15.9 Å². The van der Waals surface area contributed by atoms with Gasteiger partial charge in [-0.05, 0) is 48.5 Å². The van der Waals surface area contributed by atoms with Gasteiger partial charge in [-0.3, -0.25) is 19.4 Å². The van der Waals surface area contributed by atoms with Crippen LogP contribution in [0.5, 0.6) is 5.75 Å². The number of carboxylic acid groups (broad SMARTS) is 1. The Morgan fingerprint density at radius 3 is 2.11 bits per heavy atom. The standard InChI is InChI=1S/C19H20N4O5/c1-23(2)22-21-15-7-3-13(4-8-15)19(27)14-5-9-16(10-6-14)28-12-17(24)20-11-18(25)26/h3-10H,11-12H2,1-2H3,(H,20,24)(H,25,26). The minimum atomic E-state index is -1.13. The molecule has 1 amide bonds. The van der Waals surface area contributed by atoms with Gasteiger partial charge in [0.05, 0.1) is 5.69 Å². The number of hydrogen-bond donors (Lipinski definition) is 2. The number of aliphatic carboxylic acids is 1. The molecule has 0 unspecified atom stereocenters. The molecule has 2 aromatic rings. The van der Waals surface area contributed by atoms with E-state index in [1.165, 1.54) is 0 Å². The second-order valence-corrected chi connectivity index (χ2v) is 5.90. The van der Waals surface area contributed by atoms with Crippen LogP contribution in [0.3, 0.4) is 0 Å². The molecule has 28 heavy (non-hydrogen) atoms. The number of nitrogens with zero attached hydrogens (tertiary/aromatic N) is 3. The van der Waals surface area contributed by atoms with Crippen molar-refractivity contribution in [2.45, 2.75) is 0 Å². The summed E-state index contributed by atoms with van der Waals surface area (Å²) in [4.78, 5) is 34.3. The maximum absolute atomic E-state index is 12.5. The van der Waals surface area contributed by atoms with E-state index in [2.05, 4.69) is 15.7 Å². The van der Waals surface area contributed by atoms with Crippen LogP contribution < -0.4 is 10.1 Å². The molecule has 0 atom stereocenters. The van der Waals surface area contributed by atoms with Crippen molar-refractivity contribution in [1.29, 1.82) is 0 Å². The number of nitrogens with one attached hydrogen (secondary N) is 1. The number of ketones is 1. The van der Waals surface area contributed by atoms with Gasteiger partial charge in [-0.2, -0.15) is 0 Å². The highest BCUT2D eigenvalue weighted by Crippen LogP contribution is 2.18. The summed E-state index contributed by atoms with van der Waals surface area (Å²) in [6, 6.07) is 13.1. The number of carboxylic acids is 1. The van der Waals surface area contributed by atoms with E-state index in [1.54, 1.807) is 67.6 Å². The molecule has 2 rings (SSSR count). The fourth-order valence-corrected chi connectivity index (χ4v) is 2.06. The summed E-state index contributed by atoms with van der Waals surface area (Å²) in [7, 11) is 3.52. The molecule has 0 saturated heterocycles. The lowest BCUT2D eigenvalue weighted by molar-refractivity contribution is -0.138. The van der Waals surface area contributed by atoms with Crippen LogP contribution in [0, 0.1) is 0 Å². The zero-order chi connectivity index (χ0) is 20.5. The van der Waals surface area contributed by atoms with Crippen molar-refractivity contribution in [3.63, 3.8) is 0 Å². The lowest BCUT2D eigenvalue weighted by atomic mass is 10.0. The Labute approximate surface area is 161 Å². The van der Waals surface area contributed by atoms with E-state index in [4.69, 9.17) is 9.84 Å². The summed E-state index contributed by atoms with van der Waals surface area (Å²) in [5, 5.41) is 20.1. The summed E-state index contributed by atoms with van der Waals surface area (Å²) in [5.41, 5.74) is 1.60. The second-order valence-electron chi connectivity index (χ2n) is 5.90. The average molecular weight is 384 g/mol. The monoisotopic (exact) mass is 384 g/mol. The minimum absolute atomic E-state index is 0.165. The number of amides is 1. The zero-order valence-electron chi connectivity index (χ0n) is 15.5. The van der Waals surface area contributed by atoms with Crippen molar-refractivity contribution >= 4 is 23.3 Å². The molecular weight excluding hydrogens is 364 g/mol. The Bertz CT molecular complexity index is 861. The molecule has 0 spiro atoms. The van der Waals surface area contributed by atoms with Crippen LogP contribution in [-0.4, -0.2) is 55.0 Å². The largest absolute Gasteiger partial charge is 0.484 e. The van der Waals surface area contributed by atoms with E-state index in [0.29, 0.717) is 22.6 Å². The number of carbonyl (C=O) groups is 3. The van der Waals surface area contributed by atoms with E-state index in [0.717, 1.165) is 0 Å². The van der Waals surface area contributed by atoms with Gasteiger partial charge in [0, 0.05) is 25.2 Å². The van der Waals surface area contributed by atoms with E-state index in [-0.39, 0.29) is 12.4 Å². The van der Waals surface area contributed by atoms with Crippen molar-refractivity contribution in [1.82, 2.24) is 10.3 Å². The van der Waals surface area contributed by atoms with Gasteiger partial charge in [-0.1, -0.05) is 5.22 Å². The van der Waals surface area contributed by atoms with E-state index in [1.807, 2.05) is 0 Å². The van der Waals surface area contributed by atoms with E-state index < -0.39 is 18.4 Å². The van der Waals surface area contributed by atoms with Crippen molar-refractivity contribution < 1.29 is 24.2 Å². The third-order valence-electron chi connectivity index (χ3n) is 3.39. The molecule has 0 heterocycles. The van der Waals surface area contributed by atoms with Crippen molar-refractivity contribution in [3.8, 4) is 5.75 Å². The van der Waals surface area contributed by atoms with Crippen LogP contribution in [0.4, 0.5) is 5.69 Å². The molecule has 9 nitrogen and oxygen atoms in total. The highest BCUT2D eigenvalue weighted by atomic mass is 16.5. The quantitative estimate of drug-likeness (QED) is 0.388. The maximum Gasteiger partial charge on any atom is 0.322 e. The molecule has 0 radical (unpaired) electrons. The van der Waals surface area contributed by atoms with Gasteiger partial charge in [0.15, 0.2) is 12.4 Å². The first-order valence-corrected chi connectivity index (χ1v) is 8.30. The zero-order valence-corrected chi connectivity index (χ0v) is 15.5. The first kappa shape index (κ1) is 20.6. The number of benzene rings is 2. The van der Waals surface area contributed by atoms with Crippen molar-refractivity contribution in [2.24, 2.45) is 10.3 Å². The minimum Gasteiger partial charge on any atom is -0.484 e. The second kappa shape index (κ2) is 9.81. The molecule has 0 bridgehead atoms. The van der Waals surface area contributed by atoms with Gasteiger partial charge < -0.3 is 15.2 Å².